The molecular formula is C15H15FN4O2S. The molecule has 2 amide bonds. The van der Waals surface area contributed by atoms with Gasteiger partial charge in [-0.15, -0.1) is 10.2 Å². The second kappa shape index (κ2) is 6.41. The molecule has 8 heteroatoms. The van der Waals surface area contributed by atoms with Gasteiger partial charge in [-0.05, 0) is 18.6 Å². The van der Waals surface area contributed by atoms with E-state index in [4.69, 9.17) is 0 Å². The van der Waals surface area contributed by atoms with Crippen molar-refractivity contribution in [3.8, 4) is 0 Å². The first-order valence-corrected chi connectivity index (χ1v) is 8.08. The van der Waals surface area contributed by atoms with Crippen LogP contribution in [0.25, 0.3) is 0 Å². The van der Waals surface area contributed by atoms with Crippen molar-refractivity contribution in [2.45, 2.75) is 19.8 Å². The number of benzene rings is 1. The van der Waals surface area contributed by atoms with Crippen LogP contribution in [-0.2, 0) is 16.0 Å². The fraction of sp³-hybridized carbons (Fsp3) is 0.333. The molecule has 0 saturated carbocycles. The lowest BCUT2D eigenvalue weighted by Gasteiger charge is -2.17. The third-order valence-electron chi connectivity index (χ3n) is 3.64. The number of aryl methyl sites for hydroxylation is 1. The molecule has 1 aromatic heterocycles. The molecular weight excluding hydrogens is 319 g/mol. The first-order chi connectivity index (χ1) is 11.1. The van der Waals surface area contributed by atoms with E-state index in [0.717, 1.165) is 11.4 Å². The van der Waals surface area contributed by atoms with Gasteiger partial charge >= 0.3 is 0 Å². The van der Waals surface area contributed by atoms with Crippen LogP contribution in [0.3, 0.4) is 0 Å². The van der Waals surface area contributed by atoms with E-state index in [1.54, 1.807) is 12.1 Å². The molecule has 0 bridgehead atoms. The van der Waals surface area contributed by atoms with Gasteiger partial charge in [-0.25, -0.2) is 4.39 Å². The third-order valence-corrected chi connectivity index (χ3v) is 4.62. The molecule has 1 unspecified atom stereocenters. The van der Waals surface area contributed by atoms with Gasteiger partial charge in [0.25, 0.3) is 0 Å². The lowest BCUT2D eigenvalue weighted by atomic mass is 10.1. The number of hydrogen-bond acceptors (Lipinski definition) is 5. The highest BCUT2D eigenvalue weighted by molar-refractivity contribution is 7.15. The van der Waals surface area contributed by atoms with Gasteiger partial charge in [0, 0.05) is 13.0 Å². The minimum atomic E-state index is -0.531. The molecule has 0 radical (unpaired) electrons. The van der Waals surface area contributed by atoms with Crippen LogP contribution >= 0.6 is 11.3 Å². The van der Waals surface area contributed by atoms with Crippen molar-refractivity contribution in [2.24, 2.45) is 5.92 Å². The van der Waals surface area contributed by atoms with Crippen LogP contribution in [0, 0.1) is 11.7 Å². The topological polar surface area (TPSA) is 75.2 Å². The second-order valence-corrected chi connectivity index (χ2v) is 6.26. The number of anilines is 2. The standard InChI is InChI=1S/C15H15FN4O2S/c1-2-12-18-19-15(23-12)17-14(22)9-7-13(21)20(8-9)11-6-4-3-5-10(11)16/h3-6,9H,2,7-8H2,1H3,(H,17,19,22). The van der Waals surface area contributed by atoms with Crippen LogP contribution in [-0.4, -0.2) is 28.6 Å². The average molecular weight is 334 g/mol. The Morgan fingerprint density at radius 3 is 2.91 bits per heavy atom. The molecule has 3 rings (SSSR count). The smallest absolute Gasteiger partial charge is 0.231 e. The normalized spacial score (nSPS) is 17.6. The Balaban J connectivity index is 1.69. The lowest BCUT2D eigenvalue weighted by Crippen LogP contribution is -2.28. The molecule has 23 heavy (non-hydrogen) atoms. The van der Waals surface area contributed by atoms with E-state index in [2.05, 4.69) is 15.5 Å². The van der Waals surface area contributed by atoms with Crippen LogP contribution in [0.1, 0.15) is 18.4 Å². The zero-order valence-electron chi connectivity index (χ0n) is 12.5. The maximum atomic E-state index is 13.8. The number of nitrogens with one attached hydrogen (secondary N) is 1. The average Bonchev–Trinajstić information content (AvgIpc) is 3.14. The first-order valence-electron chi connectivity index (χ1n) is 7.26. The van der Waals surface area contributed by atoms with Crippen LogP contribution < -0.4 is 10.2 Å². The highest BCUT2D eigenvalue weighted by Gasteiger charge is 2.36. The zero-order valence-corrected chi connectivity index (χ0v) is 13.3. The predicted molar refractivity (Wildman–Crippen MR) is 84.8 cm³/mol. The summed E-state index contributed by atoms with van der Waals surface area (Å²) in [5.74, 6) is -1.56. The number of amides is 2. The van der Waals surface area contributed by atoms with Crippen molar-refractivity contribution in [1.82, 2.24) is 10.2 Å². The number of carbonyl (C=O) groups excluding carboxylic acids is 2. The summed E-state index contributed by atoms with van der Waals surface area (Å²) >= 11 is 1.31. The number of nitrogens with zero attached hydrogens (tertiary/aromatic N) is 3. The Bertz CT molecular complexity index is 749. The third kappa shape index (κ3) is 3.21. The Kier molecular flexibility index (Phi) is 4.33. The number of aromatic nitrogens is 2. The Labute approximate surface area is 136 Å². The molecule has 2 aromatic rings. The van der Waals surface area contributed by atoms with Crippen LogP contribution in [0.2, 0.25) is 0 Å². The van der Waals surface area contributed by atoms with Gasteiger partial charge < -0.3 is 10.2 Å². The number of rotatable bonds is 4. The molecule has 0 aliphatic carbocycles. The molecule has 0 spiro atoms. The molecule has 6 nitrogen and oxygen atoms in total. The molecule has 1 saturated heterocycles. The van der Waals surface area contributed by atoms with Gasteiger partial charge in [-0.3, -0.25) is 9.59 Å². The van der Waals surface area contributed by atoms with Gasteiger partial charge in [-0.2, -0.15) is 0 Å². The van der Waals surface area contributed by atoms with Crippen molar-refractivity contribution in [2.75, 3.05) is 16.8 Å². The molecule has 1 atom stereocenters. The summed E-state index contributed by atoms with van der Waals surface area (Å²) in [5, 5.41) is 11.7. The van der Waals surface area contributed by atoms with E-state index < -0.39 is 11.7 Å². The Morgan fingerprint density at radius 1 is 1.43 bits per heavy atom. The van der Waals surface area contributed by atoms with Gasteiger partial charge in [-0.1, -0.05) is 30.4 Å². The lowest BCUT2D eigenvalue weighted by molar-refractivity contribution is -0.122. The first kappa shape index (κ1) is 15.5. The highest BCUT2D eigenvalue weighted by Crippen LogP contribution is 2.28. The summed E-state index contributed by atoms with van der Waals surface area (Å²) in [5.41, 5.74) is 0.206. The summed E-state index contributed by atoms with van der Waals surface area (Å²) < 4.78 is 13.8. The van der Waals surface area contributed by atoms with Gasteiger partial charge in [0.1, 0.15) is 10.8 Å². The molecule has 120 valence electrons. The summed E-state index contributed by atoms with van der Waals surface area (Å²) in [7, 11) is 0. The molecule has 2 heterocycles. The minimum absolute atomic E-state index is 0.0552. The predicted octanol–water partition coefficient (Wildman–Crippen LogP) is 2.23. The number of carbonyl (C=O) groups is 2. The molecule has 1 fully saturated rings. The largest absolute Gasteiger partial charge is 0.309 e. The van der Waals surface area contributed by atoms with E-state index in [1.165, 1.54) is 28.4 Å². The van der Waals surface area contributed by atoms with Gasteiger partial charge in [0.2, 0.25) is 16.9 Å². The number of hydrogen-bond donors (Lipinski definition) is 1. The van der Waals surface area contributed by atoms with Crippen LogP contribution in [0.15, 0.2) is 24.3 Å². The SMILES string of the molecule is CCc1nnc(NC(=O)C2CC(=O)N(c3ccccc3F)C2)s1. The Hall–Kier alpha value is -2.35. The number of para-hydroxylation sites is 1. The van der Waals surface area contributed by atoms with Crippen molar-refractivity contribution in [3.63, 3.8) is 0 Å². The monoisotopic (exact) mass is 334 g/mol. The van der Waals surface area contributed by atoms with E-state index in [1.807, 2.05) is 6.92 Å². The van der Waals surface area contributed by atoms with Crippen molar-refractivity contribution < 1.29 is 14.0 Å². The summed E-state index contributed by atoms with van der Waals surface area (Å²) in [6.45, 7) is 2.11. The van der Waals surface area contributed by atoms with E-state index in [0.29, 0.717) is 5.13 Å². The molecule has 1 aromatic carbocycles. The quantitative estimate of drug-likeness (QED) is 0.930. The van der Waals surface area contributed by atoms with E-state index >= 15 is 0 Å². The van der Waals surface area contributed by atoms with Crippen molar-refractivity contribution in [1.29, 1.82) is 0 Å². The van der Waals surface area contributed by atoms with Crippen molar-refractivity contribution in [3.05, 3.63) is 35.1 Å². The molecule has 1 N–H and O–H groups in total. The van der Waals surface area contributed by atoms with E-state index in [-0.39, 0.29) is 30.5 Å². The summed E-state index contributed by atoms with van der Waals surface area (Å²) in [6.07, 6.45) is 0.802. The highest BCUT2D eigenvalue weighted by atomic mass is 32.1. The van der Waals surface area contributed by atoms with Crippen molar-refractivity contribution >= 4 is 34.0 Å². The second-order valence-electron chi connectivity index (χ2n) is 5.20. The fourth-order valence-electron chi connectivity index (χ4n) is 2.44. The van der Waals surface area contributed by atoms with Gasteiger partial charge in [0.05, 0.1) is 11.6 Å². The maximum absolute atomic E-state index is 13.8. The van der Waals surface area contributed by atoms with Gasteiger partial charge in [0.15, 0.2) is 0 Å². The van der Waals surface area contributed by atoms with Crippen LogP contribution in [0.5, 0.6) is 0 Å². The van der Waals surface area contributed by atoms with E-state index in [9.17, 15) is 14.0 Å². The minimum Gasteiger partial charge on any atom is -0.309 e. The fourth-order valence-corrected chi connectivity index (χ4v) is 3.12. The maximum Gasteiger partial charge on any atom is 0.231 e. The summed E-state index contributed by atoms with van der Waals surface area (Å²) in [6, 6.07) is 6.05. The number of halogens is 1. The zero-order chi connectivity index (χ0) is 16.4. The summed E-state index contributed by atoms with van der Waals surface area (Å²) in [4.78, 5) is 25.7. The Morgan fingerprint density at radius 2 is 2.22 bits per heavy atom. The molecule has 1 aliphatic heterocycles. The van der Waals surface area contributed by atoms with Crippen LogP contribution in [0.4, 0.5) is 15.2 Å². The molecule has 1 aliphatic rings.